The summed E-state index contributed by atoms with van der Waals surface area (Å²) in [7, 11) is -4.08. The molecular weight excluding hydrogens is 490 g/mol. The highest BCUT2D eigenvalue weighted by molar-refractivity contribution is 7.99. The first-order valence-corrected chi connectivity index (χ1v) is 14.1. The van der Waals surface area contributed by atoms with Gasteiger partial charge < -0.3 is 5.11 Å². The van der Waals surface area contributed by atoms with Crippen molar-refractivity contribution in [1.29, 1.82) is 0 Å². The smallest absolute Gasteiger partial charge is 0.323 e. The van der Waals surface area contributed by atoms with Crippen LogP contribution in [-0.4, -0.2) is 31.3 Å². The topological polar surface area (TPSA) is 83.5 Å². The third kappa shape index (κ3) is 6.63. The van der Waals surface area contributed by atoms with Crippen molar-refractivity contribution in [3.05, 3.63) is 126 Å². The van der Waals surface area contributed by atoms with Crippen LogP contribution in [0.15, 0.2) is 120 Å². The molecule has 0 saturated carbocycles. The van der Waals surface area contributed by atoms with Crippen LogP contribution in [0, 0.1) is 0 Å². The van der Waals surface area contributed by atoms with Crippen molar-refractivity contribution in [1.82, 2.24) is 4.72 Å². The molecule has 4 aromatic carbocycles. The molecule has 184 valence electrons. The van der Waals surface area contributed by atoms with E-state index in [-0.39, 0.29) is 4.90 Å². The number of carbonyl (C=O) groups is 1. The van der Waals surface area contributed by atoms with Gasteiger partial charge in [0.25, 0.3) is 0 Å². The predicted molar refractivity (Wildman–Crippen MR) is 145 cm³/mol. The minimum Gasteiger partial charge on any atom is -0.480 e. The Morgan fingerprint density at radius 1 is 0.750 bits per heavy atom. The van der Waals surface area contributed by atoms with Crippen LogP contribution in [0.5, 0.6) is 0 Å². The molecule has 36 heavy (non-hydrogen) atoms. The number of carboxylic acid groups (broad SMARTS) is 1. The fourth-order valence-corrected chi connectivity index (χ4v) is 6.53. The molecule has 0 spiro atoms. The maximum atomic E-state index is 13.2. The van der Waals surface area contributed by atoms with Crippen molar-refractivity contribution in [2.45, 2.75) is 22.6 Å². The number of hydrogen-bond donors (Lipinski definition) is 2. The Labute approximate surface area is 216 Å². The van der Waals surface area contributed by atoms with E-state index in [2.05, 4.69) is 4.72 Å². The highest BCUT2D eigenvalue weighted by Crippen LogP contribution is 2.34. The van der Waals surface area contributed by atoms with Gasteiger partial charge in [0.15, 0.2) is 0 Å². The molecule has 2 N–H and O–H groups in total. The summed E-state index contributed by atoms with van der Waals surface area (Å²) in [5, 5.41) is 9.48. The Morgan fingerprint density at radius 2 is 1.28 bits per heavy atom. The Kier molecular flexibility index (Phi) is 8.59. The van der Waals surface area contributed by atoms with E-state index in [0.29, 0.717) is 5.75 Å². The summed E-state index contributed by atoms with van der Waals surface area (Å²) in [5.41, 5.74) is 3.74. The van der Waals surface area contributed by atoms with Gasteiger partial charge >= 0.3 is 5.97 Å². The van der Waals surface area contributed by atoms with Gasteiger partial charge in [-0.05, 0) is 46.6 Å². The third-order valence-electron chi connectivity index (χ3n) is 5.78. The van der Waals surface area contributed by atoms with Crippen molar-refractivity contribution in [3.63, 3.8) is 0 Å². The number of aryl methyl sites for hydroxylation is 1. The zero-order valence-electron chi connectivity index (χ0n) is 19.5. The van der Waals surface area contributed by atoms with E-state index in [9.17, 15) is 18.3 Å². The number of benzene rings is 4. The second-order valence-electron chi connectivity index (χ2n) is 8.27. The minimum absolute atomic E-state index is 0.0227. The van der Waals surface area contributed by atoms with Crippen molar-refractivity contribution in [2.75, 3.05) is 5.75 Å². The molecule has 0 aromatic heterocycles. The fourth-order valence-electron chi connectivity index (χ4n) is 3.91. The van der Waals surface area contributed by atoms with Crippen molar-refractivity contribution in [3.8, 4) is 11.1 Å². The number of thioether (sulfide) groups is 1. The summed E-state index contributed by atoms with van der Waals surface area (Å²) < 4.78 is 29.0. The van der Waals surface area contributed by atoms with Crippen LogP contribution in [-0.2, 0) is 21.2 Å². The SMILES string of the molecule is O=C(O)[C@H](NS(=O)(=O)c1ccc(-c2ccccc2)cc1)[C@H](SCCc1ccccc1)c1ccccc1. The molecule has 5 nitrogen and oxygen atoms in total. The Bertz CT molecular complexity index is 1360. The molecule has 0 unspecified atom stereocenters. The van der Waals surface area contributed by atoms with Gasteiger partial charge in [0.2, 0.25) is 10.0 Å². The second-order valence-corrected chi connectivity index (χ2v) is 11.2. The molecule has 4 aromatic rings. The van der Waals surface area contributed by atoms with Gasteiger partial charge in [-0.2, -0.15) is 16.5 Å². The number of rotatable bonds is 11. The molecule has 0 heterocycles. The van der Waals surface area contributed by atoms with Gasteiger partial charge in [-0.1, -0.05) is 103 Å². The zero-order valence-corrected chi connectivity index (χ0v) is 21.2. The van der Waals surface area contributed by atoms with E-state index in [0.717, 1.165) is 28.7 Å². The highest BCUT2D eigenvalue weighted by Gasteiger charge is 2.34. The number of aliphatic carboxylic acids is 1. The van der Waals surface area contributed by atoms with Crippen LogP contribution >= 0.6 is 11.8 Å². The lowest BCUT2D eigenvalue weighted by molar-refractivity contribution is -0.139. The highest BCUT2D eigenvalue weighted by atomic mass is 32.2. The Hall–Kier alpha value is -3.39. The molecule has 0 amide bonds. The van der Waals surface area contributed by atoms with Gasteiger partial charge in [-0.3, -0.25) is 4.79 Å². The lowest BCUT2D eigenvalue weighted by Gasteiger charge is -2.25. The first kappa shape index (κ1) is 25.7. The molecule has 0 fully saturated rings. The van der Waals surface area contributed by atoms with E-state index < -0.39 is 27.3 Å². The first-order chi connectivity index (χ1) is 17.4. The average molecular weight is 518 g/mol. The second kappa shape index (κ2) is 12.0. The van der Waals surface area contributed by atoms with Gasteiger partial charge in [-0.25, -0.2) is 8.42 Å². The maximum absolute atomic E-state index is 13.2. The van der Waals surface area contributed by atoms with E-state index in [1.807, 2.05) is 91.0 Å². The summed E-state index contributed by atoms with van der Waals surface area (Å²) in [6.07, 6.45) is 0.745. The van der Waals surface area contributed by atoms with Gasteiger partial charge in [-0.15, -0.1) is 0 Å². The molecule has 0 radical (unpaired) electrons. The number of carboxylic acids is 1. The lowest BCUT2D eigenvalue weighted by atomic mass is 10.1. The molecule has 0 aliphatic heterocycles. The maximum Gasteiger partial charge on any atom is 0.323 e. The standard InChI is InChI=1S/C29H27NO4S2/c31-29(32)27(28(25-14-8-3-9-15-25)35-21-20-22-10-4-1-5-11-22)30-36(33,34)26-18-16-24(17-19-26)23-12-6-2-7-13-23/h1-19,27-28,30H,20-21H2,(H,31,32)/t27-,28-/m1/s1. The van der Waals surface area contributed by atoms with Crippen LogP contribution in [0.25, 0.3) is 11.1 Å². The van der Waals surface area contributed by atoms with Gasteiger partial charge in [0, 0.05) is 0 Å². The largest absolute Gasteiger partial charge is 0.480 e. The normalized spacial score (nSPS) is 13.1. The summed E-state index contributed by atoms with van der Waals surface area (Å²) in [6.45, 7) is 0. The monoisotopic (exact) mass is 517 g/mol. The van der Waals surface area contributed by atoms with Crippen LogP contribution in [0.4, 0.5) is 0 Å². The molecule has 2 atom stereocenters. The Morgan fingerprint density at radius 3 is 1.86 bits per heavy atom. The molecular formula is C29H27NO4S2. The predicted octanol–water partition coefficient (Wildman–Crippen LogP) is 5.80. The molecule has 7 heteroatoms. The Balaban J connectivity index is 1.56. The van der Waals surface area contributed by atoms with Crippen LogP contribution in [0.3, 0.4) is 0 Å². The first-order valence-electron chi connectivity index (χ1n) is 11.6. The molecule has 0 aliphatic rings. The molecule has 0 saturated heterocycles. The van der Waals surface area contributed by atoms with E-state index in [4.69, 9.17) is 0 Å². The van der Waals surface area contributed by atoms with Gasteiger partial charge in [0.05, 0.1) is 10.1 Å². The van der Waals surface area contributed by atoms with E-state index >= 15 is 0 Å². The molecule has 4 rings (SSSR count). The molecule has 0 bridgehead atoms. The number of sulfonamides is 1. The van der Waals surface area contributed by atoms with Crippen molar-refractivity contribution < 1.29 is 18.3 Å². The minimum atomic E-state index is -4.08. The number of hydrogen-bond acceptors (Lipinski definition) is 4. The van der Waals surface area contributed by atoms with Crippen LogP contribution in [0.1, 0.15) is 16.4 Å². The van der Waals surface area contributed by atoms with Crippen LogP contribution in [0.2, 0.25) is 0 Å². The summed E-state index contributed by atoms with van der Waals surface area (Å²) in [6, 6.07) is 33.8. The van der Waals surface area contributed by atoms with E-state index in [1.54, 1.807) is 12.1 Å². The summed E-state index contributed by atoms with van der Waals surface area (Å²) in [5.74, 6) is -0.582. The third-order valence-corrected chi connectivity index (χ3v) is 8.58. The van der Waals surface area contributed by atoms with E-state index in [1.165, 1.54) is 23.9 Å². The van der Waals surface area contributed by atoms with Gasteiger partial charge in [0.1, 0.15) is 6.04 Å². The lowest BCUT2D eigenvalue weighted by Crippen LogP contribution is -2.44. The summed E-state index contributed by atoms with van der Waals surface area (Å²) >= 11 is 1.43. The quantitative estimate of drug-likeness (QED) is 0.263. The fraction of sp³-hybridized carbons (Fsp3) is 0.138. The molecule has 0 aliphatic carbocycles. The zero-order chi connectivity index (χ0) is 25.4. The average Bonchev–Trinajstić information content (AvgIpc) is 2.92. The van der Waals surface area contributed by atoms with Crippen molar-refractivity contribution in [2.24, 2.45) is 0 Å². The van der Waals surface area contributed by atoms with Crippen LogP contribution < -0.4 is 4.72 Å². The summed E-state index contributed by atoms with van der Waals surface area (Å²) in [4.78, 5) is 12.4. The number of nitrogens with one attached hydrogen (secondary N) is 1. The van der Waals surface area contributed by atoms with Crippen molar-refractivity contribution >= 4 is 27.8 Å².